The zero-order chi connectivity index (χ0) is 21.3. The van der Waals surface area contributed by atoms with E-state index in [1.54, 1.807) is 6.07 Å². The second-order valence-electron chi connectivity index (χ2n) is 7.28. The molecule has 3 aromatic carbocycles. The summed E-state index contributed by atoms with van der Waals surface area (Å²) < 4.78 is 15.1. The number of fused-ring (bicyclic) bond motifs is 1. The van der Waals surface area contributed by atoms with E-state index in [0.717, 1.165) is 27.6 Å². The Morgan fingerprint density at radius 2 is 1.90 bits per heavy atom. The molecule has 0 aliphatic rings. The van der Waals surface area contributed by atoms with Crippen LogP contribution >= 0.6 is 0 Å². The predicted molar refractivity (Wildman–Crippen MR) is 115 cm³/mol. The SMILES string of the molecule is CNCc1cc(C)c(-c2cc3c(-c4ccc(CO)cc4)n[nH]c3cc2C#N)c(F)c1. The van der Waals surface area contributed by atoms with Crippen molar-refractivity contribution in [3.05, 3.63) is 76.6 Å². The molecule has 0 amide bonds. The third kappa shape index (κ3) is 3.45. The molecule has 0 aliphatic carbocycles. The van der Waals surface area contributed by atoms with Gasteiger partial charge in [0.2, 0.25) is 0 Å². The molecule has 150 valence electrons. The highest BCUT2D eigenvalue weighted by Crippen LogP contribution is 2.36. The Bertz CT molecular complexity index is 1250. The molecule has 0 aliphatic heterocycles. The van der Waals surface area contributed by atoms with E-state index >= 15 is 4.39 Å². The van der Waals surface area contributed by atoms with Crippen molar-refractivity contribution in [1.29, 1.82) is 5.26 Å². The van der Waals surface area contributed by atoms with Gasteiger partial charge in [0.15, 0.2) is 0 Å². The number of benzene rings is 3. The smallest absolute Gasteiger partial charge is 0.131 e. The Hall–Kier alpha value is -3.53. The van der Waals surface area contributed by atoms with Crippen molar-refractivity contribution in [1.82, 2.24) is 15.5 Å². The molecule has 0 radical (unpaired) electrons. The van der Waals surface area contributed by atoms with Gasteiger partial charge in [-0.1, -0.05) is 30.3 Å². The van der Waals surface area contributed by atoms with Crippen molar-refractivity contribution >= 4 is 10.9 Å². The minimum Gasteiger partial charge on any atom is -0.392 e. The van der Waals surface area contributed by atoms with Crippen LogP contribution in [0.1, 0.15) is 22.3 Å². The summed E-state index contributed by atoms with van der Waals surface area (Å²) >= 11 is 0. The van der Waals surface area contributed by atoms with Crippen molar-refractivity contribution < 1.29 is 9.50 Å². The number of aliphatic hydroxyl groups is 1. The fourth-order valence-corrected chi connectivity index (χ4v) is 3.81. The van der Waals surface area contributed by atoms with Crippen LogP contribution in [0.2, 0.25) is 0 Å². The summed E-state index contributed by atoms with van der Waals surface area (Å²) in [5.74, 6) is -0.353. The monoisotopic (exact) mass is 400 g/mol. The van der Waals surface area contributed by atoms with Crippen molar-refractivity contribution in [2.45, 2.75) is 20.1 Å². The van der Waals surface area contributed by atoms with Gasteiger partial charge in [0.1, 0.15) is 5.82 Å². The average Bonchev–Trinajstić information content (AvgIpc) is 3.16. The summed E-state index contributed by atoms with van der Waals surface area (Å²) in [5, 5.41) is 30.2. The summed E-state index contributed by atoms with van der Waals surface area (Å²) in [6, 6.07) is 16.6. The second kappa shape index (κ2) is 8.07. The molecular weight excluding hydrogens is 379 g/mol. The lowest BCUT2D eigenvalue weighted by Crippen LogP contribution is -2.06. The molecule has 0 unspecified atom stereocenters. The van der Waals surface area contributed by atoms with Gasteiger partial charge in [-0.05, 0) is 48.9 Å². The number of aromatic amines is 1. The topological polar surface area (TPSA) is 84.7 Å². The Labute approximate surface area is 173 Å². The number of aliphatic hydroxyl groups excluding tert-OH is 1. The van der Waals surface area contributed by atoms with Crippen LogP contribution in [-0.2, 0) is 13.2 Å². The first-order valence-corrected chi connectivity index (χ1v) is 9.62. The maximum atomic E-state index is 15.1. The minimum atomic E-state index is -0.353. The summed E-state index contributed by atoms with van der Waals surface area (Å²) in [6.07, 6.45) is 0. The number of aromatic nitrogens is 2. The van der Waals surface area contributed by atoms with Gasteiger partial charge in [0.05, 0.1) is 29.5 Å². The number of nitriles is 1. The third-order valence-corrected chi connectivity index (χ3v) is 5.23. The van der Waals surface area contributed by atoms with Gasteiger partial charge >= 0.3 is 0 Å². The summed E-state index contributed by atoms with van der Waals surface area (Å²) in [6.45, 7) is 2.39. The Morgan fingerprint density at radius 1 is 1.13 bits per heavy atom. The fourth-order valence-electron chi connectivity index (χ4n) is 3.81. The maximum Gasteiger partial charge on any atom is 0.131 e. The molecule has 0 atom stereocenters. The Balaban J connectivity index is 1.91. The van der Waals surface area contributed by atoms with E-state index < -0.39 is 0 Å². The number of nitrogens with one attached hydrogen (secondary N) is 2. The second-order valence-corrected chi connectivity index (χ2v) is 7.28. The van der Waals surface area contributed by atoms with Gasteiger partial charge in [0, 0.05) is 28.6 Å². The van der Waals surface area contributed by atoms with E-state index in [4.69, 9.17) is 0 Å². The van der Waals surface area contributed by atoms with Crippen LogP contribution in [-0.4, -0.2) is 22.4 Å². The number of hydrogen-bond acceptors (Lipinski definition) is 4. The van der Waals surface area contributed by atoms with Gasteiger partial charge in [-0.3, -0.25) is 5.10 Å². The standard InChI is InChI=1S/C24H21FN4O/c1-14-7-16(12-27-2)8-21(25)23(14)19-10-20-22(9-18(19)11-26)28-29-24(20)17-5-3-15(13-30)4-6-17/h3-10,27,30H,12-13H2,1-2H3,(H,28,29). The summed E-state index contributed by atoms with van der Waals surface area (Å²) in [7, 11) is 1.82. The molecule has 5 nitrogen and oxygen atoms in total. The van der Waals surface area contributed by atoms with E-state index in [1.807, 2.05) is 50.4 Å². The van der Waals surface area contributed by atoms with E-state index in [-0.39, 0.29) is 12.4 Å². The molecular formula is C24H21FN4O. The molecule has 6 heteroatoms. The summed E-state index contributed by atoms with van der Waals surface area (Å²) in [4.78, 5) is 0. The molecule has 30 heavy (non-hydrogen) atoms. The number of hydrogen-bond donors (Lipinski definition) is 3. The van der Waals surface area contributed by atoms with Gasteiger partial charge in [-0.2, -0.15) is 10.4 Å². The van der Waals surface area contributed by atoms with Crippen LogP contribution in [0.3, 0.4) is 0 Å². The largest absolute Gasteiger partial charge is 0.392 e. The number of aryl methyl sites for hydroxylation is 1. The first-order valence-electron chi connectivity index (χ1n) is 9.62. The van der Waals surface area contributed by atoms with Crippen molar-refractivity contribution in [3.8, 4) is 28.5 Å². The first kappa shape index (κ1) is 19.8. The van der Waals surface area contributed by atoms with Crippen LogP contribution in [0.4, 0.5) is 4.39 Å². The number of nitrogens with zero attached hydrogens (tertiary/aromatic N) is 2. The highest BCUT2D eigenvalue weighted by atomic mass is 19.1. The van der Waals surface area contributed by atoms with Crippen molar-refractivity contribution in [3.63, 3.8) is 0 Å². The van der Waals surface area contributed by atoms with Crippen molar-refractivity contribution in [2.75, 3.05) is 7.05 Å². The quantitative estimate of drug-likeness (QED) is 0.463. The molecule has 0 fully saturated rings. The van der Waals surface area contributed by atoms with E-state index in [0.29, 0.717) is 34.4 Å². The minimum absolute atomic E-state index is 0.0284. The molecule has 0 bridgehead atoms. The number of H-pyrrole nitrogens is 1. The lowest BCUT2D eigenvalue weighted by atomic mass is 9.92. The number of rotatable bonds is 5. The Kier molecular flexibility index (Phi) is 5.32. The third-order valence-electron chi connectivity index (χ3n) is 5.23. The van der Waals surface area contributed by atoms with Gasteiger partial charge in [0.25, 0.3) is 0 Å². The average molecular weight is 400 g/mol. The van der Waals surface area contributed by atoms with Crippen LogP contribution in [0, 0.1) is 24.1 Å². The van der Waals surface area contributed by atoms with Crippen molar-refractivity contribution in [2.24, 2.45) is 0 Å². The van der Waals surface area contributed by atoms with E-state index in [1.165, 1.54) is 6.07 Å². The first-order chi connectivity index (χ1) is 14.5. The van der Waals surface area contributed by atoms with Crippen LogP contribution in [0.25, 0.3) is 33.3 Å². The van der Waals surface area contributed by atoms with Crippen LogP contribution in [0.15, 0.2) is 48.5 Å². The Morgan fingerprint density at radius 3 is 2.53 bits per heavy atom. The fraction of sp³-hybridized carbons (Fsp3) is 0.167. The molecule has 0 spiro atoms. The van der Waals surface area contributed by atoms with E-state index in [2.05, 4.69) is 21.6 Å². The van der Waals surface area contributed by atoms with Gasteiger partial charge < -0.3 is 10.4 Å². The lowest BCUT2D eigenvalue weighted by Gasteiger charge is -2.13. The lowest BCUT2D eigenvalue weighted by molar-refractivity contribution is 0.282. The highest BCUT2D eigenvalue weighted by molar-refractivity contribution is 5.97. The zero-order valence-corrected chi connectivity index (χ0v) is 16.8. The molecule has 4 rings (SSSR count). The van der Waals surface area contributed by atoms with Gasteiger partial charge in [-0.15, -0.1) is 0 Å². The molecule has 1 heterocycles. The molecule has 0 saturated carbocycles. The molecule has 1 aromatic heterocycles. The zero-order valence-electron chi connectivity index (χ0n) is 16.8. The summed E-state index contributed by atoms with van der Waals surface area (Å²) in [5.41, 5.74) is 6.09. The molecule has 3 N–H and O–H groups in total. The number of halogens is 1. The normalized spacial score (nSPS) is 11.0. The van der Waals surface area contributed by atoms with Crippen LogP contribution in [0.5, 0.6) is 0 Å². The van der Waals surface area contributed by atoms with E-state index in [9.17, 15) is 10.4 Å². The maximum absolute atomic E-state index is 15.1. The molecule has 0 saturated heterocycles. The molecule has 4 aromatic rings. The predicted octanol–water partition coefficient (Wildman–Crippen LogP) is 4.43. The van der Waals surface area contributed by atoms with Gasteiger partial charge in [-0.25, -0.2) is 4.39 Å². The highest BCUT2D eigenvalue weighted by Gasteiger charge is 2.18. The van der Waals surface area contributed by atoms with Crippen LogP contribution < -0.4 is 5.32 Å².